The third-order valence-electron chi connectivity index (χ3n) is 3.04. The van der Waals surface area contributed by atoms with Gasteiger partial charge in [0.05, 0.1) is 7.11 Å². The number of methoxy groups -OCH3 is 1. The normalized spacial score (nSPS) is 11.9. The summed E-state index contributed by atoms with van der Waals surface area (Å²) in [5.74, 6) is -0.904. The summed E-state index contributed by atoms with van der Waals surface area (Å²) in [6, 6.07) is 12.2. The van der Waals surface area contributed by atoms with Gasteiger partial charge in [0.25, 0.3) is 5.91 Å². The fraction of sp³-hybridized carbons (Fsp3) is 0.200. The number of benzene rings is 2. The first-order valence-corrected chi connectivity index (χ1v) is 6.23. The molecule has 0 aliphatic rings. The van der Waals surface area contributed by atoms with Gasteiger partial charge < -0.3 is 15.8 Å². The quantitative estimate of drug-likeness (QED) is 0.816. The van der Waals surface area contributed by atoms with Crippen LogP contribution in [-0.2, 0) is 9.53 Å². The van der Waals surface area contributed by atoms with Crippen molar-refractivity contribution < 1.29 is 14.3 Å². The molecular weight excluding hydrogens is 256 g/mol. The molecule has 104 valence electrons. The molecule has 0 fully saturated rings. The lowest BCUT2D eigenvalue weighted by atomic mass is 10.1. The first-order chi connectivity index (χ1) is 9.65. The van der Waals surface area contributed by atoms with E-state index in [-0.39, 0.29) is 12.5 Å². The largest absolute Gasteiger partial charge is 0.467 e. The highest BCUT2D eigenvalue weighted by Crippen LogP contribution is 2.15. The maximum absolute atomic E-state index is 12.1. The number of esters is 1. The number of nitrogens with two attached hydrogens (primary N) is 1. The number of carbonyl (C=O) groups is 2. The second kappa shape index (κ2) is 6.16. The standard InChI is InChI=1S/C15H16N2O3/c1-20-15(19)13(9-16)17-14(18)12-7-6-10-4-2-3-5-11(10)8-12/h2-8,13H,9,16H2,1H3,(H,17,18)/t13-/m0/s1. The lowest BCUT2D eigenvalue weighted by Gasteiger charge is -2.14. The molecule has 0 saturated heterocycles. The first kappa shape index (κ1) is 14.0. The second-order valence-electron chi connectivity index (χ2n) is 4.35. The van der Waals surface area contributed by atoms with Gasteiger partial charge in [0.15, 0.2) is 0 Å². The molecule has 0 unspecified atom stereocenters. The summed E-state index contributed by atoms with van der Waals surface area (Å²) in [5, 5.41) is 4.57. The molecule has 0 spiro atoms. The summed E-state index contributed by atoms with van der Waals surface area (Å²) in [4.78, 5) is 23.5. The molecule has 0 aliphatic heterocycles. The lowest BCUT2D eigenvalue weighted by Crippen LogP contribution is -2.46. The van der Waals surface area contributed by atoms with Gasteiger partial charge in [0, 0.05) is 12.1 Å². The van der Waals surface area contributed by atoms with E-state index in [1.165, 1.54) is 7.11 Å². The van der Waals surface area contributed by atoms with Crippen molar-refractivity contribution in [2.75, 3.05) is 13.7 Å². The van der Waals surface area contributed by atoms with Gasteiger partial charge in [-0.2, -0.15) is 0 Å². The van der Waals surface area contributed by atoms with Crippen LogP contribution in [0.2, 0.25) is 0 Å². The van der Waals surface area contributed by atoms with Crippen molar-refractivity contribution in [3.8, 4) is 0 Å². The van der Waals surface area contributed by atoms with Crippen LogP contribution >= 0.6 is 0 Å². The van der Waals surface area contributed by atoms with Crippen molar-refractivity contribution in [1.29, 1.82) is 0 Å². The molecule has 3 N–H and O–H groups in total. The molecule has 0 aromatic heterocycles. The minimum Gasteiger partial charge on any atom is -0.467 e. The van der Waals surface area contributed by atoms with Crippen LogP contribution in [0.4, 0.5) is 0 Å². The predicted molar refractivity (Wildman–Crippen MR) is 76.3 cm³/mol. The zero-order valence-corrected chi connectivity index (χ0v) is 11.1. The van der Waals surface area contributed by atoms with Gasteiger partial charge in [-0.3, -0.25) is 4.79 Å². The van der Waals surface area contributed by atoms with Gasteiger partial charge in [-0.1, -0.05) is 30.3 Å². The molecular formula is C15H16N2O3. The number of fused-ring (bicyclic) bond motifs is 1. The Labute approximate surface area is 116 Å². The minimum atomic E-state index is -0.834. The molecule has 0 heterocycles. The second-order valence-corrected chi connectivity index (χ2v) is 4.35. The van der Waals surface area contributed by atoms with Crippen molar-refractivity contribution in [3.63, 3.8) is 0 Å². The van der Waals surface area contributed by atoms with Gasteiger partial charge in [0.2, 0.25) is 0 Å². The van der Waals surface area contributed by atoms with E-state index in [4.69, 9.17) is 5.73 Å². The van der Waals surface area contributed by atoms with Crippen molar-refractivity contribution in [3.05, 3.63) is 48.0 Å². The van der Waals surface area contributed by atoms with E-state index >= 15 is 0 Å². The Morgan fingerprint density at radius 3 is 2.55 bits per heavy atom. The number of hydrogen-bond acceptors (Lipinski definition) is 4. The average Bonchev–Trinajstić information content (AvgIpc) is 2.51. The molecule has 5 heteroatoms. The Kier molecular flexibility index (Phi) is 4.32. The highest BCUT2D eigenvalue weighted by atomic mass is 16.5. The Bertz CT molecular complexity index is 640. The zero-order valence-electron chi connectivity index (χ0n) is 11.1. The Hall–Kier alpha value is -2.40. The van der Waals surface area contributed by atoms with Gasteiger partial charge in [-0.05, 0) is 22.9 Å². The molecule has 0 radical (unpaired) electrons. The van der Waals surface area contributed by atoms with Crippen molar-refractivity contribution in [2.45, 2.75) is 6.04 Å². The SMILES string of the molecule is COC(=O)[C@H](CN)NC(=O)c1ccc2ccccc2c1. The molecule has 2 aromatic carbocycles. The van der Waals surface area contributed by atoms with E-state index in [9.17, 15) is 9.59 Å². The maximum atomic E-state index is 12.1. The molecule has 1 atom stereocenters. The van der Waals surface area contributed by atoms with Gasteiger partial charge in [0.1, 0.15) is 6.04 Å². The van der Waals surface area contributed by atoms with E-state index < -0.39 is 12.0 Å². The van der Waals surface area contributed by atoms with E-state index in [2.05, 4.69) is 10.1 Å². The van der Waals surface area contributed by atoms with Crippen LogP contribution in [0.25, 0.3) is 10.8 Å². The number of carbonyl (C=O) groups excluding carboxylic acids is 2. The topological polar surface area (TPSA) is 81.4 Å². The average molecular weight is 272 g/mol. The summed E-state index contributed by atoms with van der Waals surface area (Å²) in [5.41, 5.74) is 5.93. The van der Waals surface area contributed by atoms with Crippen LogP contribution < -0.4 is 11.1 Å². The molecule has 5 nitrogen and oxygen atoms in total. The van der Waals surface area contributed by atoms with Crippen LogP contribution in [0, 0.1) is 0 Å². The molecule has 2 rings (SSSR count). The summed E-state index contributed by atoms with van der Waals surface area (Å²) < 4.78 is 4.58. The monoisotopic (exact) mass is 272 g/mol. The lowest BCUT2D eigenvalue weighted by molar-refractivity contribution is -0.142. The summed E-state index contributed by atoms with van der Waals surface area (Å²) in [7, 11) is 1.26. The molecule has 2 aromatic rings. The van der Waals surface area contributed by atoms with Crippen molar-refractivity contribution in [2.24, 2.45) is 5.73 Å². The molecule has 0 bridgehead atoms. The first-order valence-electron chi connectivity index (χ1n) is 6.23. The smallest absolute Gasteiger partial charge is 0.329 e. The number of amides is 1. The Morgan fingerprint density at radius 1 is 1.20 bits per heavy atom. The fourth-order valence-electron chi connectivity index (χ4n) is 1.93. The minimum absolute atomic E-state index is 0.00794. The predicted octanol–water partition coefficient (Wildman–Crippen LogP) is 1.07. The van der Waals surface area contributed by atoms with Gasteiger partial charge >= 0.3 is 5.97 Å². The van der Waals surface area contributed by atoms with E-state index in [0.29, 0.717) is 5.56 Å². The maximum Gasteiger partial charge on any atom is 0.329 e. The summed E-state index contributed by atoms with van der Waals surface area (Å²) in [6.07, 6.45) is 0. The van der Waals surface area contributed by atoms with E-state index in [1.807, 2.05) is 30.3 Å². The molecule has 0 saturated carbocycles. The van der Waals surface area contributed by atoms with Gasteiger partial charge in [-0.15, -0.1) is 0 Å². The Balaban J connectivity index is 2.20. The fourth-order valence-corrected chi connectivity index (χ4v) is 1.93. The summed E-state index contributed by atoms with van der Waals surface area (Å²) in [6.45, 7) is -0.00794. The van der Waals surface area contributed by atoms with E-state index in [1.54, 1.807) is 12.1 Å². The summed E-state index contributed by atoms with van der Waals surface area (Å²) >= 11 is 0. The third kappa shape index (κ3) is 2.95. The number of nitrogens with one attached hydrogen (secondary N) is 1. The highest BCUT2D eigenvalue weighted by molar-refractivity contribution is 6.00. The molecule has 0 aliphatic carbocycles. The number of rotatable bonds is 4. The third-order valence-corrected chi connectivity index (χ3v) is 3.04. The van der Waals surface area contributed by atoms with Gasteiger partial charge in [-0.25, -0.2) is 4.79 Å². The van der Waals surface area contributed by atoms with Crippen LogP contribution in [0.15, 0.2) is 42.5 Å². The molecule has 20 heavy (non-hydrogen) atoms. The van der Waals surface area contributed by atoms with Crippen LogP contribution in [0.5, 0.6) is 0 Å². The number of ether oxygens (including phenoxy) is 1. The Morgan fingerprint density at radius 2 is 1.90 bits per heavy atom. The van der Waals surface area contributed by atoms with E-state index in [0.717, 1.165) is 10.8 Å². The van der Waals surface area contributed by atoms with Crippen LogP contribution in [0.1, 0.15) is 10.4 Å². The van der Waals surface area contributed by atoms with Crippen LogP contribution in [0.3, 0.4) is 0 Å². The molecule has 1 amide bonds. The highest BCUT2D eigenvalue weighted by Gasteiger charge is 2.20. The van der Waals surface area contributed by atoms with Crippen molar-refractivity contribution in [1.82, 2.24) is 5.32 Å². The zero-order chi connectivity index (χ0) is 14.5. The number of hydrogen-bond donors (Lipinski definition) is 2. The van der Waals surface area contributed by atoms with Crippen LogP contribution in [-0.4, -0.2) is 31.6 Å². The van der Waals surface area contributed by atoms with Crippen molar-refractivity contribution >= 4 is 22.6 Å².